The Hall–Kier alpha value is -2.79. The summed E-state index contributed by atoms with van der Waals surface area (Å²) in [6, 6.07) is 13.0. The number of halogens is 1. The Bertz CT molecular complexity index is 917. The van der Waals surface area contributed by atoms with Gasteiger partial charge in [-0.1, -0.05) is 49.7 Å². The van der Waals surface area contributed by atoms with E-state index in [1.54, 1.807) is 38.1 Å². The highest BCUT2D eigenvalue weighted by Gasteiger charge is 2.43. The summed E-state index contributed by atoms with van der Waals surface area (Å²) in [4.78, 5) is 27.0. The van der Waals surface area contributed by atoms with Crippen molar-refractivity contribution in [1.29, 1.82) is 0 Å². The number of phenolic OH excluding ortho intramolecular Hbond substituents is 1. The maximum Gasteiger partial charge on any atom is 0.290 e. The third-order valence-electron chi connectivity index (χ3n) is 4.86. The first-order valence-electron chi connectivity index (χ1n) is 9.11. The molecule has 0 aliphatic carbocycles. The molecule has 0 radical (unpaired) electrons. The number of hydrogen-bond acceptors (Lipinski definition) is 4. The summed E-state index contributed by atoms with van der Waals surface area (Å²) in [6.07, 6.45) is 0.550. The van der Waals surface area contributed by atoms with Crippen molar-refractivity contribution in [3.8, 4) is 5.75 Å². The van der Waals surface area contributed by atoms with Gasteiger partial charge in [0.1, 0.15) is 5.75 Å². The summed E-state index contributed by atoms with van der Waals surface area (Å²) in [5.41, 5.74) is 1.77. The van der Waals surface area contributed by atoms with Gasteiger partial charge in [-0.25, -0.2) is 0 Å². The van der Waals surface area contributed by atoms with Gasteiger partial charge in [-0.2, -0.15) is 0 Å². The van der Waals surface area contributed by atoms with E-state index in [4.69, 9.17) is 11.6 Å². The number of nitrogens with zero attached hydrogens (tertiary/aromatic N) is 1. The molecular weight excluding hydrogens is 378 g/mol. The minimum atomic E-state index is -0.685. The van der Waals surface area contributed by atoms with E-state index in [0.717, 1.165) is 5.56 Å². The van der Waals surface area contributed by atoms with Gasteiger partial charge in [0.05, 0.1) is 11.6 Å². The zero-order chi connectivity index (χ0) is 20.4. The largest absolute Gasteiger partial charge is 0.508 e. The molecule has 0 saturated heterocycles. The minimum absolute atomic E-state index is 0.0886. The Kier molecular flexibility index (Phi) is 5.75. The first-order valence-corrected chi connectivity index (χ1v) is 9.49. The molecule has 6 heteroatoms. The average Bonchev–Trinajstić information content (AvgIpc) is 2.92. The van der Waals surface area contributed by atoms with Crippen LogP contribution < -0.4 is 0 Å². The maximum atomic E-state index is 12.8. The van der Waals surface area contributed by atoms with Crippen LogP contribution in [0.2, 0.25) is 5.02 Å². The van der Waals surface area contributed by atoms with Crippen LogP contribution in [0.1, 0.15) is 31.0 Å². The Labute approximate surface area is 168 Å². The molecule has 0 saturated carbocycles. The second-order valence-electron chi connectivity index (χ2n) is 7.15. The number of rotatable bonds is 6. The molecule has 28 heavy (non-hydrogen) atoms. The standard InChI is InChI=1S/C22H22ClNO4/c1-13(2)20(26)18-19(15-5-9-17(25)10-6-15)24(22(28)21(18)27)12-11-14-3-7-16(23)8-4-14/h3-10,13,19,25,27H,11-12H2,1-2H3. The van der Waals surface area contributed by atoms with Gasteiger partial charge in [0.25, 0.3) is 5.91 Å². The molecule has 0 fully saturated rings. The number of aliphatic hydroxyl groups excluding tert-OH is 1. The summed E-state index contributed by atoms with van der Waals surface area (Å²) in [5.74, 6) is -1.59. The normalized spacial score (nSPS) is 16.9. The van der Waals surface area contributed by atoms with E-state index in [9.17, 15) is 19.8 Å². The van der Waals surface area contributed by atoms with Crippen LogP contribution in [0.15, 0.2) is 59.9 Å². The number of carbonyl (C=O) groups excluding carboxylic acids is 2. The lowest BCUT2D eigenvalue weighted by Gasteiger charge is -2.27. The molecule has 0 bridgehead atoms. The number of ketones is 1. The monoisotopic (exact) mass is 399 g/mol. The van der Waals surface area contributed by atoms with Crippen molar-refractivity contribution in [2.45, 2.75) is 26.3 Å². The van der Waals surface area contributed by atoms with Gasteiger partial charge in [-0.05, 0) is 41.8 Å². The molecule has 1 aliphatic rings. The quantitative estimate of drug-likeness (QED) is 0.762. The van der Waals surface area contributed by atoms with Crippen LogP contribution in [-0.2, 0) is 16.0 Å². The molecule has 146 valence electrons. The third-order valence-corrected chi connectivity index (χ3v) is 5.11. The Morgan fingerprint density at radius 3 is 2.25 bits per heavy atom. The molecule has 2 aromatic carbocycles. The van der Waals surface area contributed by atoms with E-state index >= 15 is 0 Å². The van der Waals surface area contributed by atoms with Gasteiger partial charge in [0, 0.05) is 17.5 Å². The predicted octanol–water partition coefficient (Wildman–Crippen LogP) is 4.21. The van der Waals surface area contributed by atoms with E-state index in [1.807, 2.05) is 12.1 Å². The molecule has 5 nitrogen and oxygen atoms in total. The molecular formula is C22H22ClNO4. The van der Waals surface area contributed by atoms with Crippen LogP contribution in [-0.4, -0.2) is 33.3 Å². The predicted molar refractivity (Wildman–Crippen MR) is 107 cm³/mol. The molecule has 1 unspecified atom stereocenters. The van der Waals surface area contributed by atoms with Crippen LogP contribution in [0.25, 0.3) is 0 Å². The number of aromatic hydroxyl groups is 1. The van der Waals surface area contributed by atoms with E-state index in [0.29, 0.717) is 23.6 Å². The van der Waals surface area contributed by atoms with E-state index in [-0.39, 0.29) is 23.0 Å². The lowest BCUT2D eigenvalue weighted by Crippen LogP contribution is -2.33. The highest BCUT2D eigenvalue weighted by atomic mass is 35.5. The van der Waals surface area contributed by atoms with Gasteiger partial charge in [-0.15, -0.1) is 0 Å². The first kappa shape index (κ1) is 20.0. The Morgan fingerprint density at radius 2 is 1.68 bits per heavy atom. The van der Waals surface area contributed by atoms with E-state index in [1.165, 1.54) is 17.0 Å². The van der Waals surface area contributed by atoms with Crippen LogP contribution >= 0.6 is 11.6 Å². The fraction of sp³-hybridized carbons (Fsp3) is 0.273. The summed E-state index contributed by atoms with van der Waals surface area (Å²) < 4.78 is 0. The SMILES string of the molecule is CC(C)C(=O)C1=C(O)C(=O)N(CCc2ccc(Cl)cc2)C1c1ccc(O)cc1. The van der Waals surface area contributed by atoms with Crippen molar-refractivity contribution in [2.75, 3.05) is 6.54 Å². The fourth-order valence-corrected chi connectivity index (χ4v) is 3.48. The van der Waals surface area contributed by atoms with Crippen LogP contribution in [0.3, 0.4) is 0 Å². The highest BCUT2D eigenvalue weighted by molar-refractivity contribution is 6.30. The lowest BCUT2D eigenvalue weighted by molar-refractivity contribution is -0.129. The van der Waals surface area contributed by atoms with Crippen molar-refractivity contribution < 1.29 is 19.8 Å². The maximum absolute atomic E-state index is 12.8. The van der Waals surface area contributed by atoms with Gasteiger partial charge in [0.15, 0.2) is 11.5 Å². The third kappa shape index (κ3) is 3.90. The summed E-state index contributed by atoms with van der Waals surface area (Å²) >= 11 is 5.92. The molecule has 2 N–H and O–H groups in total. The fourth-order valence-electron chi connectivity index (χ4n) is 3.35. The van der Waals surface area contributed by atoms with Gasteiger partial charge < -0.3 is 15.1 Å². The van der Waals surface area contributed by atoms with Crippen molar-refractivity contribution in [3.05, 3.63) is 76.0 Å². The van der Waals surface area contributed by atoms with Crippen molar-refractivity contribution in [1.82, 2.24) is 4.90 Å². The highest BCUT2D eigenvalue weighted by Crippen LogP contribution is 2.39. The van der Waals surface area contributed by atoms with Gasteiger partial charge >= 0.3 is 0 Å². The minimum Gasteiger partial charge on any atom is -0.508 e. The van der Waals surface area contributed by atoms with Crippen molar-refractivity contribution >= 4 is 23.3 Å². The lowest BCUT2D eigenvalue weighted by atomic mass is 9.91. The van der Waals surface area contributed by atoms with E-state index < -0.39 is 17.7 Å². The van der Waals surface area contributed by atoms with Gasteiger partial charge in [-0.3, -0.25) is 9.59 Å². The number of benzene rings is 2. The molecule has 0 spiro atoms. The van der Waals surface area contributed by atoms with E-state index in [2.05, 4.69) is 0 Å². The summed E-state index contributed by atoms with van der Waals surface area (Å²) in [7, 11) is 0. The molecule has 3 rings (SSSR count). The zero-order valence-electron chi connectivity index (χ0n) is 15.7. The number of Topliss-reactive ketones (excluding diaryl/α,β-unsaturated/α-hetero) is 1. The molecule has 1 heterocycles. The molecule has 1 aliphatic heterocycles. The average molecular weight is 400 g/mol. The Morgan fingerprint density at radius 1 is 1.07 bits per heavy atom. The molecule has 1 atom stereocenters. The van der Waals surface area contributed by atoms with Crippen LogP contribution in [0.4, 0.5) is 0 Å². The van der Waals surface area contributed by atoms with Crippen molar-refractivity contribution in [3.63, 3.8) is 0 Å². The zero-order valence-corrected chi connectivity index (χ0v) is 16.5. The first-order chi connectivity index (χ1) is 13.3. The number of carbonyl (C=O) groups is 2. The molecule has 0 aromatic heterocycles. The number of aliphatic hydroxyl groups is 1. The smallest absolute Gasteiger partial charge is 0.290 e. The number of phenols is 1. The van der Waals surface area contributed by atoms with Crippen LogP contribution in [0.5, 0.6) is 5.75 Å². The van der Waals surface area contributed by atoms with Crippen LogP contribution in [0, 0.1) is 5.92 Å². The van der Waals surface area contributed by atoms with Crippen molar-refractivity contribution in [2.24, 2.45) is 5.92 Å². The second kappa shape index (κ2) is 8.07. The molecule has 1 amide bonds. The number of amides is 1. The Balaban J connectivity index is 1.95. The second-order valence-corrected chi connectivity index (χ2v) is 7.59. The number of hydrogen-bond donors (Lipinski definition) is 2. The van der Waals surface area contributed by atoms with Gasteiger partial charge in [0.2, 0.25) is 0 Å². The summed E-state index contributed by atoms with van der Waals surface area (Å²) in [6.45, 7) is 3.79. The topological polar surface area (TPSA) is 77.8 Å². The summed E-state index contributed by atoms with van der Waals surface area (Å²) in [5, 5.41) is 20.7. The molecule has 2 aromatic rings.